The van der Waals surface area contributed by atoms with Crippen LogP contribution in [0.25, 0.3) is 22.4 Å². The zero-order chi connectivity index (χ0) is 18.1. The molecule has 0 unspecified atom stereocenters. The maximum atomic E-state index is 9.55. The number of benzene rings is 2. The molecule has 0 aliphatic rings. The van der Waals surface area contributed by atoms with E-state index < -0.39 is 0 Å². The van der Waals surface area contributed by atoms with Crippen molar-refractivity contribution in [1.29, 1.82) is 5.26 Å². The van der Waals surface area contributed by atoms with Crippen molar-refractivity contribution in [3.05, 3.63) is 68.7 Å². The quantitative estimate of drug-likeness (QED) is 0.573. The molecule has 0 radical (unpaired) electrons. The molecule has 3 rings (SSSR count). The van der Waals surface area contributed by atoms with Gasteiger partial charge in [0.1, 0.15) is 17.5 Å². The van der Waals surface area contributed by atoms with E-state index in [4.69, 9.17) is 40.5 Å². The van der Waals surface area contributed by atoms with Crippen molar-refractivity contribution in [3.63, 3.8) is 0 Å². The van der Waals surface area contributed by atoms with E-state index in [2.05, 4.69) is 11.1 Å². The number of anilines is 1. The molecule has 1 heterocycles. The van der Waals surface area contributed by atoms with Crippen molar-refractivity contribution >= 4 is 40.6 Å². The molecule has 3 aromatic rings. The van der Waals surface area contributed by atoms with Crippen molar-refractivity contribution in [2.45, 2.75) is 6.92 Å². The highest BCUT2D eigenvalue weighted by Gasteiger charge is 2.19. The summed E-state index contributed by atoms with van der Waals surface area (Å²) >= 11 is 18.3. The second-order valence-electron chi connectivity index (χ2n) is 5.46. The molecule has 25 heavy (non-hydrogen) atoms. The molecular weight excluding hydrogens is 377 g/mol. The van der Waals surface area contributed by atoms with Gasteiger partial charge in [0.05, 0.1) is 10.7 Å². The van der Waals surface area contributed by atoms with E-state index in [-0.39, 0.29) is 5.82 Å². The number of pyridine rings is 1. The maximum absolute atomic E-state index is 9.55. The normalized spacial score (nSPS) is 10.5. The van der Waals surface area contributed by atoms with E-state index in [1.54, 1.807) is 30.3 Å². The van der Waals surface area contributed by atoms with Crippen LogP contribution >= 0.6 is 34.8 Å². The monoisotopic (exact) mass is 387 g/mol. The number of halogens is 3. The number of nitrogen functional groups attached to an aromatic ring is 1. The summed E-state index contributed by atoms with van der Waals surface area (Å²) in [7, 11) is 0. The van der Waals surface area contributed by atoms with Crippen LogP contribution in [-0.4, -0.2) is 4.98 Å². The number of nitriles is 1. The zero-order valence-corrected chi connectivity index (χ0v) is 15.4. The van der Waals surface area contributed by atoms with Gasteiger partial charge in [-0.2, -0.15) is 5.26 Å². The minimum Gasteiger partial charge on any atom is -0.383 e. The van der Waals surface area contributed by atoms with Gasteiger partial charge < -0.3 is 5.73 Å². The molecule has 0 fully saturated rings. The first-order chi connectivity index (χ1) is 11.9. The Balaban J connectivity index is 2.33. The third kappa shape index (κ3) is 3.29. The van der Waals surface area contributed by atoms with Crippen molar-refractivity contribution in [1.82, 2.24) is 4.98 Å². The van der Waals surface area contributed by atoms with Gasteiger partial charge in [-0.1, -0.05) is 46.9 Å². The van der Waals surface area contributed by atoms with Crippen LogP contribution in [0.4, 0.5) is 5.82 Å². The fourth-order valence-electron chi connectivity index (χ4n) is 2.73. The SMILES string of the molecule is Cc1c(-c2ccc(Cl)cc2Cl)nc(N)c(C#N)c1-c1ccc(Cl)cc1. The molecule has 0 saturated carbocycles. The molecule has 0 bridgehead atoms. The second kappa shape index (κ2) is 6.93. The van der Waals surface area contributed by atoms with Gasteiger partial charge in [-0.05, 0) is 48.4 Å². The summed E-state index contributed by atoms with van der Waals surface area (Å²) < 4.78 is 0. The molecular formula is C19H12Cl3N3. The maximum Gasteiger partial charge on any atom is 0.142 e. The number of rotatable bonds is 2. The molecule has 2 aromatic carbocycles. The standard InChI is InChI=1S/C19H12Cl3N3/c1-10-17(11-2-4-12(20)5-3-11)15(9-23)19(24)25-18(10)14-7-6-13(21)8-16(14)22/h2-8H,1H3,(H2,24,25). The Morgan fingerprint density at radius 2 is 1.64 bits per heavy atom. The molecule has 6 heteroatoms. The lowest BCUT2D eigenvalue weighted by atomic mass is 9.93. The fraction of sp³-hybridized carbons (Fsp3) is 0.0526. The van der Waals surface area contributed by atoms with Crippen LogP contribution in [0.1, 0.15) is 11.1 Å². The molecule has 2 N–H and O–H groups in total. The Bertz CT molecular complexity index is 1010. The average Bonchev–Trinajstić information content (AvgIpc) is 2.57. The predicted molar refractivity (Wildman–Crippen MR) is 104 cm³/mol. The summed E-state index contributed by atoms with van der Waals surface area (Å²) in [5.41, 5.74) is 10.1. The molecule has 0 amide bonds. The average molecular weight is 389 g/mol. The number of nitrogens with two attached hydrogens (primary N) is 1. The van der Waals surface area contributed by atoms with Crippen LogP contribution < -0.4 is 5.73 Å². The second-order valence-corrected chi connectivity index (χ2v) is 6.74. The van der Waals surface area contributed by atoms with E-state index in [1.165, 1.54) is 0 Å². The van der Waals surface area contributed by atoms with Gasteiger partial charge in [0.15, 0.2) is 0 Å². The fourth-order valence-corrected chi connectivity index (χ4v) is 3.35. The molecule has 124 valence electrons. The van der Waals surface area contributed by atoms with Crippen molar-refractivity contribution in [2.75, 3.05) is 5.73 Å². The van der Waals surface area contributed by atoms with Gasteiger partial charge >= 0.3 is 0 Å². The Morgan fingerprint density at radius 3 is 2.24 bits per heavy atom. The van der Waals surface area contributed by atoms with Crippen LogP contribution in [-0.2, 0) is 0 Å². The van der Waals surface area contributed by atoms with Gasteiger partial charge in [0.2, 0.25) is 0 Å². The third-order valence-electron chi connectivity index (χ3n) is 3.90. The molecule has 0 spiro atoms. The van der Waals surface area contributed by atoms with Crippen LogP contribution in [0.15, 0.2) is 42.5 Å². The predicted octanol–water partition coefficient (Wildman–Crippen LogP) is 6.14. The van der Waals surface area contributed by atoms with Gasteiger partial charge in [0, 0.05) is 21.2 Å². The Morgan fingerprint density at radius 1 is 1.00 bits per heavy atom. The first-order valence-corrected chi connectivity index (χ1v) is 8.47. The molecule has 0 saturated heterocycles. The van der Waals surface area contributed by atoms with Gasteiger partial charge in [-0.25, -0.2) is 4.98 Å². The Labute approximate surface area is 160 Å². The third-order valence-corrected chi connectivity index (χ3v) is 4.70. The number of nitrogens with zero attached hydrogens (tertiary/aromatic N) is 2. The Hall–Kier alpha value is -2.25. The molecule has 1 aromatic heterocycles. The first-order valence-electron chi connectivity index (χ1n) is 7.34. The number of aromatic nitrogens is 1. The molecule has 0 aliphatic carbocycles. The lowest BCUT2D eigenvalue weighted by Crippen LogP contribution is -2.03. The largest absolute Gasteiger partial charge is 0.383 e. The van der Waals surface area contributed by atoms with E-state index in [9.17, 15) is 5.26 Å². The van der Waals surface area contributed by atoms with E-state index in [0.717, 1.165) is 11.1 Å². The number of hydrogen-bond acceptors (Lipinski definition) is 3. The van der Waals surface area contributed by atoms with Crippen molar-refractivity contribution in [3.8, 4) is 28.5 Å². The number of hydrogen-bond donors (Lipinski definition) is 1. The summed E-state index contributed by atoms with van der Waals surface area (Å²) in [5, 5.41) is 11.2. The molecule has 0 aliphatic heterocycles. The van der Waals surface area contributed by atoms with Crippen LogP contribution in [0.5, 0.6) is 0 Å². The lowest BCUT2D eigenvalue weighted by molar-refractivity contribution is 1.26. The lowest BCUT2D eigenvalue weighted by Gasteiger charge is -2.16. The van der Waals surface area contributed by atoms with Gasteiger partial charge in [-0.15, -0.1) is 0 Å². The minimum atomic E-state index is 0.152. The summed E-state index contributed by atoms with van der Waals surface area (Å²) in [6.07, 6.45) is 0. The van der Waals surface area contributed by atoms with Gasteiger partial charge in [-0.3, -0.25) is 0 Å². The molecule has 0 atom stereocenters. The summed E-state index contributed by atoms with van der Waals surface area (Å²) in [6, 6.07) is 14.5. The van der Waals surface area contributed by atoms with Crippen molar-refractivity contribution in [2.24, 2.45) is 0 Å². The minimum absolute atomic E-state index is 0.152. The highest BCUT2D eigenvalue weighted by Crippen LogP contribution is 2.38. The van der Waals surface area contributed by atoms with Crippen LogP contribution in [0.3, 0.4) is 0 Å². The highest BCUT2D eigenvalue weighted by atomic mass is 35.5. The summed E-state index contributed by atoms with van der Waals surface area (Å²) in [4.78, 5) is 4.41. The smallest absolute Gasteiger partial charge is 0.142 e. The topological polar surface area (TPSA) is 62.7 Å². The van der Waals surface area contributed by atoms with E-state index >= 15 is 0 Å². The van der Waals surface area contributed by atoms with E-state index in [0.29, 0.717) is 37.5 Å². The highest BCUT2D eigenvalue weighted by molar-refractivity contribution is 6.36. The summed E-state index contributed by atoms with van der Waals surface area (Å²) in [5.74, 6) is 0.152. The summed E-state index contributed by atoms with van der Waals surface area (Å²) in [6.45, 7) is 1.89. The van der Waals surface area contributed by atoms with Crippen molar-refractivity contribution < 1.29 is 0 Å². The van der Waals surface area contributed by atoms with Crippen LogP contribution in [0, 0.1) is 18.3 Å². The van der Waals surface area contributed by atoms with Gasteiger partial charge in [0.25, 0.3) is 0 Å². The first kappa shape index (κ1) is 17.6. The van der Waals surface area contributed by atoms with E-state index in [1.807, 2.05) is 19.1 Å². The molecule has 3 nitrogen and oxygen atoms in total. The zero-order valence-electron chi connectivity index (χ0n) is 13.1. The Kier molecular flexibility index (Phi) is 4.87. The van der Waals surface area contributed by atoms with Crippen LogP contribution in [0.2, 0.25) is 15.1 Å².